The molecule has 30 atom stereocenters. The molecule has 5 aliphatic rings. The van der Waals surface area contributed by atoms with Gasteiger partial charge in [0.15, 0.2) is 0 Å². The lowest BCUT2D eigenvalue weighted by molar-refractivity contribution is -0.158. The molecule has 5 aliphatic heterocycles. The zero-order valence-electron chi connectivity index (χ0n) is 61.3. The molecule has 0 saturated carbocycles. The lowest BCUT2D eigenvalue weighted by Crippen LogP contribution is -2.45. The van der Waals surface area contributed by atoms with E-state index in [2.05, 4.69) is 0 Å². The van der Waals surface area contributed by atoms with Crippen molar-refractivity contribution in [1.82, 2.24) is 0 Å². The number of esters is 2. The first kappa shape index (κ1) is 84.4. The first-order valence-corrected chi connectivity index (χ1v) is 36.7. The maximum absolute atomic E-state index is 13.9. The van der Waals surface area contributed by atoms with Crippen molar-refractivity contribution in [2.75, 3.05) is 21.3 Å². The van der Waals surface area contributed by atoms with Gasteiger partial charge in [0.25, 0.3) is 0 Å². The Morgan fingerprint density at radius 3 is 1.24 bits per heavy atom. The highest BCUT2D eigenvalue weighted by molar-refractivity contribution is 5.83. The van der Waals surface area contributed by atoms with E-state index in [9.17, 15) is 55.5 Å². The van der Waals surface area contributed by atoms with Gasteiger partial charge in [-0.2, -0.15) is 0 Å². The lowest BCUT2D eigenvalue weighted by Gasteiger charge is -2.38. The van der Waals surface area contributed by atoms with Gasteiger partial charge in [0.05, 0.1) is 122 Å². The van der Waals surface area contributed by atoms with Crippen molar-refractivity contribution in [1.29, 1.82) is 0 Å². The largest absolute Gasteiger partial charge is 0.458 e. The molecule has 4 bridgehead atoms. The summed E-state index contributed by atoms with van der Waals surface area (Å²) in [5.74, 6) is -5.87. The van der Waals surface area contributed by atoms with Crippen LogP contribution < -0.4 is 0 Å². The van der Waals surface area contributed by atoms with Crippen LogP contribution in [-0.4, -0.2) is 214 Å². The molecule has 20 heteroatoms. The minimum absolute atomic E-state index is 0.0332. The number of fused-ring (bicyclic) bond motifs is 4. The second-order valence-corrected chi connectivity index (χ2v) is 30.1. The molecule has 2 fully saturated rings. The Balaban J connectivity index is 1.35. The minimum Gasteiger partial charge on any atom is -0.458 e. The van der Waals surface area contributed by atoms with Crippen molar-refractivity contribution in [2.45, 2.75) is 333 Å². The molecule has 5 rings (SSSR count). The highest BCUT2D eigenvalue weighted by Gasteiger charge is 2.42. The van der Waals surface area contributed by atoms with Gasteiger partial charge in [-0.3, -0.25) is 0 Å². The first-order valence-electron chi connectivity index (χ1n) is 36.7. The number of carbonyl (C=O) groups excluding carboxylic acids is 2. The number of cyclic esters (lactones) is 2. The maximum atomic E-state index is 13.9. The summed E-state index contributed by atoms with van der Waals surface area (Å²) in [6.07, 6.45) is 12.2. The smallest absolute Gasteiger partial charge is 0.331 e. The quantitative estimate of drug-likeness (QED) is 0.0544. The SMILES string of the molecule is COC1CC(C)OC(CCC(C)C(O)C(C)C2OC(=O)C=CC(C)=CCC(O)CC3C=CCC(CC(OC)C(C)C(O)CC(O)C(C)C(C(C)C(O)C(C)CCC4CC(OC)CC(C)O4)OC(=O)C=CC(C)=CCC(O)CC4C=CCC(CC(O)C(C)C(O)CC(O)C2C)O4)O3)C1. The van der Waals surface area contributed by atoms with Crippen LogP contribution in [-0.2, 0) is 52.2 Å². The molecule has 558 valence electrons. The fourth-order valence-corrected chi connectivity index (χ4v) is 15.1. The van der Waals surface area contributed by atoms with Gasteiger partial charge in [-0.05, 0) is 129 Å². The van der Waals surface area contributed by atoms with E-state index in [1.807, 2.05) is 71.9 Å². The van der Waals surface area contributed by atoms with Gasteiger partial charge >= 0.3 is 11.9 Å². The van der Waals surface area contributed by atoms with E-state index in [1.165, 1.54) is 12.2 Å². The van der Waals surface area contributed by atoms with Gasteiger partial charge < -0.3 is 88.6 Å². The number of aliphatic hydroxyl groups excluding tert-OH is 9. The zero-order valence-corrected chi connectivity index (χ0v) is 61.3. The molecule has 0 aromatic carbocycles. The minimum atomic E-state index is -1.22. The van der Waals surface area contributed by atoms with E-state index in [1.54, 1.807) is 81.1 Å². The standard InChI is InChI=1S/C77H130O20/c1-44-22-28-56(78)36-58-18-16-20-60(94-58)40-66(80)50(7)67(81)42-69(83)52(9)76(54(11)74(87)46(3)26-30-62-38-64(89-13)34-48(5)92-62)96-72(85)32-24-45(2)23-29-57(79)37-59-19-17-21-61(95-59)41-71(91-15)51(8)68(82)43-70(84)53(10)77(97-73(86)33-25-44)55(12)75(88)47(4)27-31-63-39-65(90-14)35-49(6)93-63/h16-19,22-25,32-33,46-71,74-84,87-88H,20-21,26-31,34-43H2,1-15H3. The van der Waals surface area contributed by atoms with Crippen LogP contribution in [0.25, 0.3) is 0 Å². The molecule has 5 heterocycles. The third-order valence-corrected chi connectivity index (χ3v) is 22.0. The molecule has 0 radical (unpaired) electrons. The van der Waals surface area contributed by atoms with Crippen LogP contribution in [0.5, 0.6) is 0 Å². The summed E-state index contributed by atoms with van der Waals surface area (Å²) in [4.78, 5) is 27.7. The van der Waals surface area contributed by atoms with Gasteiger partial charge in [0.1, 0.15) is 12.2 Å². The molecular formula is C77H130O20. The van der Waals surface area contributed by atoms with Crippen molar-refractivity contribution < 1.29 is 98.2 Å². The van der Waals surface area contributed by atoms with Gasteiger partial charge in [0.2, 0.25) is 0 Å². The van der Waals surface area contributed by atoms with Crippen molar-refractivity contribution in [3.63, 3.8) is 0 Å². The Labute approximate surface area is 581 Å². The number of hydrogen-bond donors (Lipinski definition) is 9. The Hall–Kier alpha value is -3.26. The molecular weight excluding hydrogens is 1240 g/mol. The zero-order chi connectivity index (χ0) is 71.8. The van der Waals surface area contributed by atoms with Gasteiger partial charge in [-0.1, -0.05) is 115 Å². The molecule has 0 aromatic heterocycles. The monoisotopic (exact) mass is 1370 g/mol. The molecule has 0 amide bonds. The highest BCUT2D eigenvalue weighted by Crippen LogP contribution is 2.36. The fourth-order valence-electron chi connectivity index (χ4n) is 15.1. The van der Waals surface area contributed by atoms with Gasteiger partial charge in [-0.15, -0.1) is 0 Å². The lowest BCUT2D eigenvalue weighted by atomic mass is 9.78. The summed E-state index contributed by atoms with van der Waals surface area (Å²) < 4.78 is 55.1. The predicted molar refractivity (Wildman–Crippen MR) is 373 cm³/mol. The van der Waals surface area contributed by atoms with E-state index in [-0.39, 0.29) is 99.5 Å². The van der Waals surface area contributed by atoms with Crippen molar-refractivity contribution in [3.8, 4) is 0 Å². The molecule has 30 unspecified atom stereocenters. The van der Waals surface area contributed by atoms with E-state index in [0.717, 1.165) is 25.7 Å². The molecule has 9 N–H and O–H groups in total. The van der Waals surface area contributed by atoms with Crippen molar-refractivity contribution >= 4 is 11.9 Å². The number of allylic oxidation sites excluding steroid dienone is 4. The maximum Gasteiger partial charge on any atom is 0.331 e. The van der Waals surface area contributed by atoms with Crippen LogP contribution in [0.15, 0.2) is 71.9 Å². The summed E-state index contributed by atoms with van der Waals surface area (Å²) in [6, 6.07) is 0. The molecule has 20 nitrogen and oxygen atoms in total. The number of methoxy groups -OCH3 is 3. The number of ether oxygens (including phenoxy) is 9. The summed E-state index contributed by atoms with van der Waals surface area (Å²) in [5.41, 5.74) is 1.35. The van der Waals surface area contributed by atoms with Crippen LogP contribution in [0.3, 0.4) is 0 Å². The number of aliphatic hydroxyl groups is 9. The van der Waals surface area contributed by atoms with Crippen molar-refractivity contribution in [3.05, 3.63) is 71.9 Å². The molecule has 97 heavy (non-hydrogen) atoms. The van der Waals surface area contributed by atoms with Crippen LogP contribution in [0.2, 0.25) is 0 Å². The Morgan fingerprint density at radius 1 is 0.454 bits per heavy atom. The van der Waals surface area contributed by atoms with Crippen LogP contribution >= 0.6 is 0 Å². The molecule has 0 aromatic rings. The Kier molecular flexibility index (Phi) is 36.9. The topological polar surface area (TPSA) is 299 Å². The number of hydrogen-bond acceptors (Lipinski definition) is 20. The van der Waals surface area contributed by atoms with E-state index in [4.69, 9.17) is 42.6 Å². The third-order valence-electron chi connectivity index (χ3n) is 22.0. The first-order chi connectivity index (χ1) is 45.9. The van der Waals surface area contributed by atoms with Crippen LogP contribution in [0.4, 0.5) is 0 Å². The summed E-state index contributed by atoms with van der Waals surface area (Å²) in [7, 11) is 4.99. The molecule has 0 aliphatic carbocycles. The fraction of sp³-hybridized carbons (Fsp3) is 0.818. The molecule has 0 spiro atoms. The predicted octanol–water partition coefficient (Wildman–Crippen LogP) is 9.45. The summed E-state index contributed by atoms with van der Waals surface area (Å²) in [6.45, 7) is 22.2. The van der Waals surface area contributed by atoms with Crippen LogP contribution in [0.1, 0.15) is 199 Å². The number of rotatable bonds is 15. The Bertz CT molecular complexity index is 2470. The van der Waals surface area contributed by atoms with E-state index >= 15 is 0 Å². The second kappa shape index (κ2) is 42.4. The van der Waals surface area contributed by atoms with Gasteiger partial charge in [-0.25, -0.2) is 9.59 Å². The highest BCUT2D eigenvalue weighted by atomic mass is 16.6. The normalized spacial score (nSPS) is 39.6. The van der Waals surface area contributed by atoms with Gasteiger partial charge in [0, 0.05) is 94.7 Å². The summed E-state index contributed by atoms with van der Waals surface area (Å²) in [5, 5.41) is 105. The summed E-state index contributed by atoms with van der Waals surface area (Å²) >= 11 is 0. The molecule has 2 saturated heterocycles. The average molecular weight is 1380 g/mol. The second-order valence-electron chi connectivity index (χ2n) is 30.1. The third kappa shape index (κ3) is 28.1. The average Bonchev–Trinajstić information content (AvgIpc) is 0.870. The van der Waals surface area contributed by atoms with Crippen molar-refractivity contribution in [2.24, 2.45) is 47.3 Å². The number of carbonyl (C=O) groups is 2. The Morgan fingerprint density at radius 2 is 0.835 bits per heavy atom. The van der Waals surface area contributed by atoms with E-state index in [0.29, 0.717) is 56.1 Å². The van der Waals surface area contributed by atoms with Crippen LogP contribution in [0, 0.1) is 47.3 Å². The van der Waals surface area contributed by atoms with E-state index < -0.39 is 139 Å².